The molecule has 0 aliphatic heterocycles. The van der Waals surface area contributed by atoms with Crippen molar-refractivity contribution in [2.75, 3.05) is 0 Å². The molecular weight excluding hydrogens is 304 g/mol. The third-order valence-electron chi connectivity index (χ3n) is 3.06. The molecular formula is C15H18N2O4S. The fourth-order valence-corrected chi connectivity index (χ4v) is 2.98. The predicted molar refractivity (Wildman–Crippen MR) is 80.9 cm³/mol. The molecule has 0 spiro atoms. The number of aryl methyl sites for hydroxylation is 1. The Morgan fingerprint density at radius 1 is 1.27 bits per heavy atom. The van der Waals surface area contributed by atoms with Crippen molar-refractivity contribution in [1.29, 1.82) is 0 Å². The number of carbonyl (C=O) groups excluding carboxylic acids is 1. The summed E-state index contributed by atoms with van der Waals surface area (Å²) in [4.78, 5) is 15.6. The van der Waals surface area contributed by atoms with Gasteiger partial charge in [-0.05, 0) is 37.0 Å². The summed E-state index contributed by atoms with van der Waals surface area (Å²) in [6, 6.07) is 6.48. The van der Waals surface area contributed by atoms with Crippen molar-refractivity contribution >= 4 is 15.9 Å². The second-order valence-corrected chi connectivity index (χ2v) is 7.12. The van der Waals surface area contributed by atoms with Crippen molar-refractivity contribution in [3.63, 3.8) is 0 Å². The third kappa shape index (κ3) is 3.73. The minimum absolute atomic E-state index is 0.0366. The lowest BCUT2D eigenvalue weighted by molar-refractivity contribution is 0.0975. The van der Waals surface area contributed by atoms with Crippen LogP contribution in [0.5, 0.6) is 0 Å². The van der Waals surface area contributed by atoms with Crippen molar-refractivity contribution in [1.82, 2.24) is 9.71 Å². The van der Waals surface area contributed by atoms with Crippen molar-refractivity contribution in [2.24, 2.45) is 5.92 Å². The third-order valence-corrected chi connectivity index (χ3v) is 4.41. The Kier molecular flexibility index (Phi) is 4.65. The van der Waals surface area contributed by atoms with Crippen molar-refractivity contribution in [2.45, 2.75) is 32.1 Å². The van der Waals surface area contributed by atoms with Crippen LogP contribution >= 0.6 is 0 Å². The number of benzene rings is 1. The lowest BCUT2D eigenvalue weighted by Gasteiger charge is -2.08. The first-order valence-corrected chi connectivity index (χ1v) is 8.34. The highest BCUT2D eigenvalue weighted by Gasteiger charge is 2.22. The smallest absolute Gasteiger partial charge is 0.287 e. The molecule has 2 rings (SSSR count). The predicted octanol–water partition coefficient (Wildman–Crippen LogP) is 2.30. The van der Waals surface area contributed by atoms with E-state index in [0.717, 1.165) is 18.4 Å². The number of sulfonamides is 1. The average Bonchev–Trinajstić information content (AvgIpc) is 2.84. The molecule has 22 heavy (non-hydrogen) atoms. The second kappa shape index (κ2) is 6.31. The summed E-state index contributed by atoms with van der Waals surface area (Å²) < 4.78 is 31.3. The highest BCUT2D eigenvalue weighted by atomic mass is 32.2. The number of amides is 1. The van der Waals surface area contributed by atoms with Crippen LogP contribution in [0.1, 0.15) is 35.7 Å². The van der Waals surface area contributed by atoms with Gasteiger partial charge in [-0.3, -0.25) is 4.79 Å². The van der Waals surface area contributed by atoms with Gasteiger partial charge in [0.2, 0.25) is 0 Å². The summed E-state index contributed by atoms with van der Waals surface area (Å²) >= 11 is 0. The van der Waals surface area contributed by atoms with Gasteiger partial charge in [0.1, 0.15) is 5.76 Å². The Balaban J connectivity index is 2.16. The van der Waals surface area contributed by atoms with E-state index in [9.17, 15) is 13.2 Å². The number of aromatic nitrogens is 1. The van der Waals surface area contributed by atoms with Crippen molar-refractivity contribution in [3.05, 3.63) is 47.7 Å². The largest absolute Gasteiger partial charge is 0.448 e. The Bertz CT molecular complexity index is 761. The number of rotatable bonds is 5. The first kappa shape index (κ1) is 16.2. The zero-order valence-electron chi connectivity index (χ0n) is 12.7. The molecule has 0 saturated heterocycles. The molecule has 0 unspecified atom stereocenters. The quantitative estimate of drug-likeness (QED) is 0.912. The van der Waals surface area contributed by atoms with Crippen LogP contribution in [0.15, 0.2) is 40.0 Å². The molecule has 1 N–H and O–H groups in total. The van der Waals surface area contributed by atoms with E-state index in [1.807, 2.05) is 4.72 Å². The van der Waals surface area contributed by atoms with Crippen LogP contribution in [0.25, 0.3) is 0 Å². The van der Waals surface area contributed by atoms with Crippen LogP contribution in [-0.4, -0.2) is 19.3 Å². The lowest BCUT2D eigenvalue weighted by atomic mass is 10.0. The van der Waals surface area contributed by atoms with Crippen LogP contribution in [0.3, 0.4) is 0 Å². The Morgan fingerprint density at radius 2 is 1.91 bits per heavy atom. The van der Waals surface area contributed by atoms with Gasteiger partial charge in [-0.25, -0.2) is 18.1 Å². The van der Waals surface area contributed by atoms with E-state index < -0.39 is 15.9 Å². The van der Waals surface area contributed by atoms with Crippen LogP contribution in [0.2, 0.25) is 0 Å². The number of nitrogens with one attached hydrogen (secondary N) is 1. The van der Waals surface area contributed by atoms with Gasteiger partial charge < -0.3 is 4.42 Å². The van der Waals surface area contributed by atoms with Gasteiger partial charge in [-0.15, -0.1) is 0 Å². The minimum Gasteiger partial charge on any atom is -0.448 e. The summed E-state index contributed by atoms with van der Waals surface area (Å²) in [6.07, 6.45) is 1.96. The Morgan fingerprint density at radius 3 is 2.41 bits per heavy atom. The normalized spacial score (nSPS) is 11.6. The maximum Gasteiger partial charge on any atom is 0.287 e. The maximum absolute atomic E-state index is 12.2. The van der Waals surface area contributed by atoms with E-state index in [-0.39, 0.29) is 16.3 Å². The maximum atomic E-state index is 12.2. The zero-order valence-corrected chi connectivity index (χ0v) is 13.5. The van der Waals surface area contributed by atoms with Crippen LogP contribution in [0.4, 0.5) is 0 Å². The summed E-state index contributed by atoms with van der Waals surface area (Å²) in [6.45, 7) is 5.71. The standard InChI is InChI=1S/C15H18N2O4S/c1-10(2)8-12-4-6-13(7-5-12)22(19,20)17-15(18)14-11(3)21-9-16-14/h4-7,9-10H,8H2,1-3H3,(H,17,18). The molecule has 0 atom stereocenters. The van der Waals surface area contributed by atoms with E-state index in [2.05, 4.69) is 18.8 Å². The second-order valence-electron chi connectivity index (χ2n) is 5.43. The van der Waals surface area contributed by atoms with E-state index in [4.69, 9.17) is 4.42 Å². The summed E-state index contributed by atoms with van der Waals surface area (Å²) in [5.74, 6) is -0.0604. The molecule has 0 bridgehead atoms. The molecule has 1 amide bonds. The number of nitrogens with zero attached hydrogens (tertiary/aromatic N) is 1. The van der Waals surface area contributed by atoms with Gasteiger partial charge in [0.25, 0.3) is 15.9 Å². The zero-order chi connectivity index (χ0) is 16.3. The van der Waals surface area contributed by atoms with Crippen molar-refractivity contribution < 1.29 is 17.6 Å². The Hall–Kier alpha value is -2.15. The molecule has 1 heterocycles. The number of oxazole rings is 1. The van der Waals surface area contributed by atoms with Gasteiger partial charge in [-0.2, -0.15) is 0 Å². The van der Waals surface area contributed by atoms with Crippen LogP contribution in [-0.2, 0) is 16.4 Å². The fourth-order valence-electron chi connectivity index (χ4n) is 2.03. The minimum atomic E-state index is -3.93. The number of hydrogen-bond donors (Lipinski definition) is 1. The average molecular weight is 322 g/mol. The van der Waals surface area contributed by atoms with Gasteiger partial charge in [-0.1, -0.05) is 26.0 Å². The molecule has 0 aliphatic rings. The molecule has 6 nitrogen and oxygen atoms in total. The number of carbonyl (C=O) groups is 1. The van der Waals surface area contributed by atoms with E-state index in [1.165, 1.54) is 19.1 Å². The van der Waals surface area contributed by atoms with E-state index in [1.54, 1.807) is 12.1 Å². The SMILES string of the molecule is Cc1ocnc1C(=O)NS(=O)(=O)c1ccc(CC(C)C)cc1. The van der Waals surface area contributed by atoms with Gasteiger partial charge in [0, 0.05) is 0 Å². The molecule has 7 heteroatoms. The first-order chi connectivity index (χ1) is 10.3. The highest BCUT2D eigenvalue weighted by Crippen LogP contribution is 2.14. The van der Waals surface area contributed by atoms with Gasteiger partial charge >= 0.3 is 0 Å². The van der Waals surface area contributed by atoms with Gasteiger partial charge in [0.05, 0.1) is 4.90 Å². The molecule has 0 saturated carbocycles. The molecule has 2 aromatic rings. The molecule has 1 aromatic carbocycles. The molecule has 118 valence electrons. The van der Waals surface area contributed by atoms with Gasteiger partial charge in [0.15, 0.2) is 12.1 Å². The van der Waals surface area contributed by atoms with Crippen LogP contribution < -0.4 is 4.72 Å². The Labute approximate surface area is 129 Å². The van der Waals surface area contributed by atoms with Crippen molar-refractivity contribution in [3.8, 4) is 0 Å². The summed E-state index contributed by atoms with van der Waals surface area (Å²) in [5, 5.41) is 0. The summed E-state index contributed by atoms with van der Waals surface area (Å²) in [7, 11) is -3.93. The molecule has 0 aliphatic carbocycles. The molecule has 0 fully saturated rings. The fraction of sp³-hybridized carbons (Fsp3) is 0.333. The highest BCUT2D eigenvalue weighted by molar-refractivity contribution is 7.90. The first-order valence-electron chi connectivity index (χ1n) is 6.86. The molecule has 1 aromatic heterocycles. The summed E-state index contributed by atoms with van der Waals surface area (Å²) in [5.41, 5.74) is 1.01. The lowest BCUT2D eigenvalue weighted by Crippen LogP contribution is -2.31. The van der Waals surface area contributed by atoms with E-state index >= 15 is 0 Å². The molecule has 0 radical (unpaired) electrons. The number of hydrogen-bond acceptors (Lipinski definition) is 5. The monoisotopic (exact) mass is 322 g/mol. The van der Waals surface area contributed by atoms with E-state index in [0.29, 0.717) is 5.92 Å². The topological polar surface area (TPSA) is 89.3 Å². The van der Waals surface area contributed by atoms with Crippen LogP contribution in [0, 0.1) is 12.8 Å².